The van der Waals surface area contributed by atoms with Crippen LogP contribution in [-0.2, 0) is 10.3 Å². The number of imide groups is 1. The predicted octanol–water partition coefficient (Wildman–Crippen LogP) is 0.114. The Morgan fingerprint density at radius 1 is 1.27 bits per heavy atom. The Kier molecular flexibility index (Phi) is 1.38. The highest BCUT2D eigenvalue weighted by atomic mass is 16.5. The van der Waals surface area contributed by atoms with Crippen molar-refractivity contribution >= 4 is 11.9 Å². The van der Waals surface area contributed by atoms with Crippen molar-refractivity contribution < 1.29 is 14.3 Å². The van der Waals surface area contributed by atoms with Crippen LogP contribution in [-0.4, -0.2) is 18.5 Å². The lowest BCUT2D eigenvalue weighted by molar-refractivity contribution is -0.124. The molecular weight excluding hydrogens is 196 g/mol. The molecule has 2 aliphatic rings. The van der Waals surface area contributed by atoms with E-state index in [-0.39, 0.29) is 12.5 Å². The van der Waals surface area contributed by atoms with Crippen LogP contribution in [0.1, 0.15) is 5.56 Å². The van der Waals surface area contributed by atoms with E-state index in [9.17, 15) is 9.59 Å². The Balaban J connectivity index is 2.17. The van der Waals surface area contributed by atoms with Gasteiger partial charge in [0, 0.05) is 5.56 Å². The fourth-order valence-electron chi connectivity index (χ4n) is 1.99. The number of urea groups is 1. The summed E-state index contributed by atoms with van der Waals surface area (Å²) in [6.07, 6.45) is 0. The standard InChI is InChI=1S/C10H8N2O3/c13-8-10(12-9(14)11-8)5-15-7-4-2-1-3-6(7)10/h1-4H,5H2,(H2,11,12,13,14). The molecule has 15 heavy (non-hydrogen) atoms. The van der Waals surface area contributed by atoms with Crippen LogP contribution in [0.25, 0.3) is 0 Å². The van der Waals surface area contributed by atoms with Gasteiger partial charge < -0.3 is 10.1 Å². The molecular formula is C10H8N2O3. The van der Waals surface area contributed by atoms with Crippen molar-refractivity contribution in [1.82, 2.24) is 10.6 Å². The molecule has 2 aliphatic heterocycles. The third-order valence-electron chi connectivity index (χ3n) is 2.73. The van der Waals surface area contributed by atoms with Crippen LogP contribution >= 0.6 is 0 Å². The number of rotatable bonds is 0. The summed E-state index contributed by atoms with van der Waals surface area (Å²) in [7, 11) is 0. The van der Waals surface area contributed by atoms with Crippen LogP contribution in [0.3, 0.4) is 0 Å². The fraction of sp³-hybridized carbons (Fsp3) is 0.200. The Bertz CT molecular complexity index is 471. The third-order valence-corrected chi connectivity index (χ3v) is 2.73. The molecule has 5 heteroatoms. The highest BCUT2D eigenvalue weighted by Gasteiger charge is 2.53. The fourth-order valence-corrected chi connectivity index (χ4v) is 1.99. The molecule has 5 nitrogen and oxygen atoms in total. The maximum absolute atomic E-state index is 11.7. The van der Waals surface area contributed by atoms with E-state index in [1.165, 1.54) is 0 Å². The second-order valence-electron chi connectivity index (χ2n) is 3.60. The molecule has 0 saturated carbocycles. The SMILES string of the molecule is O=C1NC(=O)C2(COc3ccccc32)N1. The van der Waals surface area contributed by atoms with Crippen molar-refractivity contribution in [3.63, 3.8) is 0 Å². The molecule has 0 aromatic heterocycles. The first kappa shape index (κ1) is 8.28. The van der Waals surface area contributed by atoms with Gasteiger partial charge in [0.2, 0.25) is 0 Å². The maximum Gasteiger partial charge on any atom is 0.322 e. The van der Waals surface area contributed by atoms with Crippen LogP contribution in [0, 0.1) is 0 Å². The Labute approximate surface area is 85.4 Å². The zero-order valence-electron chi connectivity index (χ0n) is 7.74. The zero-order valence-corrected chi connectivity index (χ0v) is 7.74. The van der Waals surface area contributed by atoms with Crippen molar-refractivity contribution in [2.24, 2.45) is 0 Å². The molecule has 1 aromatic rings. The number of carbonyl (C=O) groups is 2. The predicted molar refractivity (Wildman–Crippen MR) is 50.3 cm³/mol. The van der Waals surface area contributed by atoms with E-state index < -0.39 is 11.6 Å². The lowest BCUT2D eigenvalue weighted by atomic mass is 9.92. The van der Waals surface area contributed by atoms with E-state index in [0.29, 0.717) is 11.3 Å². The first-order valence-corrected chi connectivity index (χ1v) is 4.58. The molecule has 1 spiro atoms. The van der Waals surface area contributed by atoms with Crippen LogP contribution in [0.2, 0.25) is 0 Å². The van der Waals surface area contributed by atoms with Crippen LogP contribution in [0.15, 0.2) is 24.3 Å². The molecule has 1 aromatic carbocycles. The lowest BCUT2D eigenvalue weighted by Crippen LogP contribution is -2.45. The molecule has 1 saturated heterocycles. The second-order valence-corrected chi connectivity index (χ2v) is 3.60. The number of ether oxygens (including phenoxy) is 1. The lowest BCUT2D eigenvalue weighted by Gasteiger charge is -2.17. The zero-order chi connectivity index (χ0) is 10.5. The number of para-hydroxylation sites is 1. The van der Waals surface area contributed by atoms with Gasteiger partial charge in [0.05, 0.1) is 0 Å². The van der Waals surface area contributed by atoms with Gasteiger partial charge in [-0.25, -0.2) is 4.79 Å². The average molecular weight is 204 g/mol. The summed E-state index contributed by atoms with van der Waals surface area (Å²) in [6, 6.07) is 6.73. The number of hydrogen-bond acceptors (Lipinski definition) is 3. The summed E-state index contributed by atoms with van der Waals surface area (Å²) in [6.45, 7) is 0.157. The molecule has 1 atom stereocenters. The molecule has 3 rings (SSSR count). The van der Waals surface area contributed by atoms with Gasteiger partial charge in [-0.05, 0) is 6.07 Å². The molecule has 3 amide bonds. The summed E-state index contributed by atoms with van der Waals surface area (Å²) >= 11 is 0. The quantitative estimate of drug-likeness (QED) is 0.589. The normalized spacial score (nSPS) is 27.2. The van der Waals surface area contributed by atoms with Crippen LogP contribution in [0.5, 0.6) is 5.75 Å². The molecule has 0 radical (unpaired) electrons. The van der Waals surface area contributed by atoms with Gasteiger partial charge in [-0.1, -0.05) is 18.2 Å². The number of benzene rings is 1. The Morgan fingerprint density at radius 3 is 2.80 bits per heavy atom. The van der Waals surface area contributed by atoms with Crippen molar-refractivity contribution in [1.29, 1.82) is 0 Å². The highest BCUT2D eigenvalue weighted by Crippen LogP contribution is 2.38. The minimum absolute atomic E-state index is 0.157. The summed E-state index contributed by atoms with van der Waals surface area (Å²) in [4.78, 5) is 22.8. The summed E-state index contributed by atoms with van der Waals surface area (Å²) in [5.74, 6) is 0.298. The molecule has 1 fully saturated rings. The summed E-state index contributed by atoms with van der Waals surface area (Å²) in [5, 5.41) is 4.83. The third kappa shape index (κ3) is 0.918. The summed E-state index contributed by atoms with van der Waals surface area (Å²) in [5.41, 5.74) is -0.304. The van der Waals surface area contributed by atoms with Crippen molar-refractivity contribution in [3.8, 4) is 5.75 Å². The van der Waals surface area contributed by atoms with E-state index in [1.807, 2.05) is 12.1 Å². The molecule has 2 N–H and O–H groups in total. The van der Waals surface area contributed by atoms with Gasteiger partial charge >= 0.3 is 6.03 Å². The van der Waals surface area contributed by atoms with E-state index in [0.717, 1.165) is 0 Å². The Morgan fingerprint density at radius 2 is 2.07 bits per heavy atom. The first-order chi connectivity index (χ1) is 7.22. The first-order valence-electron chi connectivity index (χ1n) is 4.58. The number of nitrogens with one attached hydrogen (secondary N) is 2. The molecule has 2 heterocycles. The van der Waals surface area contributed by atoms with Gasteiger partial charge in [-0.2, -0.15) is 0 Å². The van der Waals surface area contributed by atoms with E-state index in [4.69, 9.17) is 4.74 Å². The number of hydrogen-bond donors (Lipinski definition) is 2. The van der Waals surface area contributed by atoms with Crippen LogP contribution < -0.4 is 15.4 Å². The van der Waals surface area contributed by atoms with E-state index >= 15 is 0 Å². The monoisotopic (exact) mass is 204 g/mol. The van der Waals surface area contributed by atoms with Gasteiger partial charge in [-0.3, -0.25) is 10.1 Å². The van der Waals surface area contributed by atoms with Gasteiger partial charge in [0.25, 0.3) is 5.91 Å². The largest absolute Gasteiger partial charge is 0.490 e. The molecule has 0 aliphatic carbocycles. The maximum atomic E-state index is 11.7. The smallest absolute Gasteiger partial charge is 0.322 e. The molecule has 76 valence electrons. The second kappa shape index (κ2) is 2.50. The minimum atomic E-state index is -1.02. The minimum Gasteiger partial charge on any atom is -0.490 e. The van der Waals surface area contributed by atoms with Gasteiger partial charge in [-0.15, -0.1) is 0 Å². The highest BCUT2D eigenvalue weighted by molar-refractivity contribution is 6.08. The van der Waals surface area contributed by atoms with Crippen LogP contribution in [0.4, 0.5) is 4.79 Å². The molecule has 1 unspecified atom stereocenters. The average Bonchev–Trinajstić information content (AvgIpc) is 2.72. The molecule has 0 bridgehead atoms. The topological polar surface area (TPSA) is 67.4 Å². The van der Waals surface area contributed by atoms with Crippen molar-refractivity contribution in [3.05, 3.63) is 29.8 Å². The number of fused-ring (bicyclic) bond motifs is 2. The van der Waals surface area contributed by atoms with Gasteiger partial charge in [0.1, 0.15) is 12.4 Å². The van der Waals surface area contributed by atoms with E-state index in [1.54, 1.807) is 12.1 Å². The van der Waals surface area contributed by atoms with Crippen molar-refractivity contribution in [2.75, 3.05) is 6.61 Å². The number of carbonyl (C=O) groups excluding carboxylic acids is 2. The van der Waals surface area contributed by atoms with Crippen molar-refractivity contribution in [2.45, 2.75) is 5.54 Å². The summed E-state index contributed by atoms with van der Waals surface area (Å²) < 4.78 is 5.38. The Hall–Kier alpha value is -2.04. The van der Waals surface area contributed by atoms with Gasteiger partial charge in [0.15, 0.2) is 5.54 Å². The van der Waals surface area contributed by atoms with E-state index in [2.05, 4.69) is 10.6 Å². The number of amides is 3.